The third-order valence-electron chi connectivity index (χ3n) is 6.23. The van der Waals surface area contributed by atoms with Gasteiger partial charge in [-0.2, -0.15) is 0 Å². The van der Waals surface area contributed by atoms with Crippen molar-refractivity contribution in [3.05, 3.63) is 77.2 Å². The molecule has 0 fully saturated rings. The maximum Gasteiger partial charge on any atom is 0.254 e. The molecule has 0 saturated carbocycles. The average molecular weight is 479 g/mol. The van der Waals surface area contributed by atoms with Gasteiger partial charge in [0, 0.05) is 12.1 Å². The van der Waals surface area contributed by atoms with Crippen LogP contribution in [-0.2, 0) is 11.3 Å². The molecule has 0 radical (unpaired) electrons. The fourth-order valence-corrected chi connectivity index (χ4v) is 4.70. The molecule has 1 aliphatic heterocycles. The predicted octanol–water partition coefficient (Wildman–Crippen LogP) is 4.31. The number of carbonyl (C=O) groups is 2. The first-order valence-corrected chi connectivity index (χ1v) is 11.5. The van der Waals surface area contributed by atoms with E-state index in [0.717, 1.165) is 6.42 Å². The minimum atomic E-state index is -0.659. The van der Waals surface area contributed by atoms with Crippen LogP contribution in [0.15, 0.2) is 59.2 Å². The van der Waals surface area contributed by atoms with Crippen molar-refractivity contribution in [3.63, 3.8) is 0 Å². The zero-order valence-electron chi connectivity index (χ0n) is 20.4. The van der Waals surface area contributed by atoms with Gasteiger partial charge in [-0.15, -0.1) is 0 Å². The summed E-state index contributed by atoms with van der Waals surface area (Å²) in [7, 11) is 4.62. The van der Waals surface area contributed by atoms with E-state index in [-0.39, 0.29) is 18.4 Å². The van der Waals surface area contributed by atoms with Gasteiger partial charge in [-0.05, 0) is 47.9 Å². The number of fused-ring (bicyclic) bond motifs is 1. The van der Waals surface area contributed by atoms with Crippen molar-refractivity contribution >= 4 is 11.8 Å². The Labute approximate surface area is 204 Å². The highest BCUT2D eigenvalue weighted by molar-refractivity contribution is 6.01. The lowest BCUT2D eigenvalue weighted by atomic mass is 9.79. The highest BCUT2D eigenvalue weighted by atomic mass is 16.5. The Bertz CT molecular complexity index is 1170. The van der Waals surface area contributed by atoms with E-state index < -0.39 is 12.0 Å². The van der Waals surface area contributed by atoms with Crippen LogP contribution in [0.3, 0.4) is 0 Å². The van der Waals surface area contributed by atoms with Crippen LogP contribution >= 0.6 is 0 Å². The third kappa shape index (κ3) is 4.56. The topological polar surface area (TPSA) is 90.2 Å². The van der Waals surface area contributed by atoms with Crippen LogP contribution in [0.25, 0.3) is 0 Å². The fraction of sp³-hybridized carbons (Fsp3) is 0.333. The van der Waals surface area contributed by atoms with E-state index in [4.69, 9.17) is 18.6 Å². The van der Waals surface area contributed by atoms with E-state index in [2.05, 4.69) is 5.32 Å². The van der Waals surface area contributed by atoms with Crippen LogP contribution in [0.1, 0.15) is 52.5 Å². The number of amides is 2. The summed E-state index contributed by atoms with van der Waals surface area (Å²) in [4.78, 5) is 29.1. The summed E-state index contributed by atoms with van der Waals surface area (Å²) in [5, 5.41) is 2.99. The normalized spacial score (nSPS) is 17.0. The molecule has 8 nitrogen and oxygen atoms in total. The van der Waals surface area contributed by atoms with E-state index in [1.165, 1.54) is 7.11 Å². The Morgan fingerprint density at radius 2 is 1.74 bits per heavy atom. The number of nitrogens with zero attached hydrogens (tertiary/aromatic N) is 1. The first kappa shape index (κ1) is 24.2. The Morgan fingerprint density at radius 1 is 1.03 bits per heavy atom. The van der Waals surface area contributed by atoms with Gasteiger partial charge in [-0.1, -0.05) is 25.1 Å². The molecule has 0 unspecified atom stereocenters. The molecule has 0 aliphatic carbocycles. The number of hydrogen-bond donors (Lipinski definition) is 1. The smallest absolute Gasteiger partial charge is 0.254 e. The summed E-state index contributed by atoms with van der Waals surface area (Å²) >= 11 is 0. The molecule has 3 aromatic rings. The standard InChI is InChI=1S/C27H30N2O6/c1-5-12-29-24(17-14-21(32-2)25(34-4)22(15-17)33-3)23(19-10-6-7-11-20(19)27(29)31)26(30)28-16-18-9-8-13-35-18/h6-11,13-15,23-24H,5,12,16H2,1-4H3,(H,28,30)/t23-,24-/m0/s1. The van der Waals surface area contributed by atoms with Crippen molar-refractivity contribution in [3.8, 4) is 17.2 Å². The van der Waals surface area contributed by atoms with E-state index in [9.17, 15) is 9.59 Å². The minimum absolute atomic E-state index is 0.115. The average Bonchev–Trinajstić information content (AvgIpc) is 3.41. The van der Waals surface area contributed by atoms with Crippen molar-refractivity contribution in [2.45, 2.75) is 31.8 Å². The first-order valence-electron chi connectivity index (χ1n) is 11.5. The number of carbonyl (C=O) groups excluding carboxylic acids is 2. The van der Waals surface area contributed by atoms with Crippen molar-refractivity contribution < 1.29 is 28.2 Å². The van der Waals surface area contributed by atoms with Crippen molar-refractivity contribution in [2.24, 2.45) is 0 Å². The number of benzene rings is 2. The van der Waals surface area contributed by atoms with Crippen molar-refractivity contribution in [1.82, 2.24) is 10.2 Å². The number of rotatable bonds is 9. The molecule has 2 atom stereocenters. The highest BCUT2D eigenvalue weighted by Crippen LogP contribution is 2.47. The van der Waals surface area contributed by atoms with Gasteiger partial charge in [0.15, 0.2) is 11.5 Å². The van der Waals surface area contributed by atoms with Gasteiger partial charge in [0.25, 0.3) is 5.91 Å². The Balaban J connectivity index is 1.86. The number of furan rings is 1. The van der Waals surface area contributed by atoms with Gasteiger partial charge >= 0.3 is 0 Å². The molecule has 4 rings (SSSR count). The van der Waals surface area contributed by atoms with E-state index >= 15 is 0 Å². The first-order chi connectivity index (χ1) is 17.0. The monoisotopic (exact) mass is 478 g/mol. The molecule has 2 aromatic carbocycles. The SMILES string of the molecule is CCCN1C(=O)c2ccccc2[C@H](C(=O)NCc2ccco2)[C@@H]1c1cc(OC)c(OC)c(OC)c1. The molecule has 35 heavy (non-hydrogen) atoms. The number of methoxy groups -OCH3 is 3. The van der Waals surface area contributed by atoms with Crippen LogP contribution in [0.2, 0.25) is 0 Å². The summed E-state index contributed by atoms with van der Waals surface area (Å²) in [6.45, 7) is 2.73. The van der Waals surface area contributed by atoms with Crippen LogP contribution in [-0.4, -0.2) is 44.6 Å². The molecule has 0 spiro atoms. The molecule has 1 aromatic heterocycles. The molecule has 184 valence electrons. The van der Waals surface area contributed by atoms with E-state index in [1.807, 2.05) is 37.3 Å². The van der Waals surface area contributed by atoms with Gasteiger partial charge in [0.1, 0.15) is 5.76 Å². The predicted molar refractivity (Wildman–Crippen MR) is 130 cm³/mol. The van der Waals surface area contributed by atoms with Crippen LogP contribution in [0, 0.1) is 0 Å². The summed E-state index contributed by atoms with van der Waals surface area (Å²) in [5.74, 6) is 1.03. The Kier molecular flexibility index (Phi) is 7.29. The molecule has 2 amide bonds. The zero-order valence-corrected chi connectivity index (χ0v) is 20.4. The second kappa shape index (κ2) is 10.5. The van der Waals surface area contributed by atoms with E-state index in [1.54, 1.807) is 43.6 Å². The summed E-state index contributed by atoms with van der Waals surface area (Å²) in [5.41, 5.74) is 1.93. The second-order valence-electron chi connectivity index (χ2n) is 8.26. The third-order valence-corrected chi connectivity index (χ3v) is 6.23. The summed E-state index contributed by atoms with van der Waals surface area (Å²) in [6, 6.07) is 13.9. The zero-order chi connectivity index (χ0) is 24.9. The number of nitrogens with one attached hydrogen (secondary N) is 1. The minimum Gasteiger partial charge on any atom is -0.493 e. The van der Waals surface area contributed by atoms with Gasteiger partial charge in [0.05, 0.1) is 46.1 Å². The van der Waals surface area contributed by atoms with Crippen molar-refractivity contribution in [1.29, 1.82) is 0 Å². The molecule has 1 N–H and O–H groups in total. The fourth-order valence-electron chi connectivity index (χ4n) is 4.70. The highest BCUT2D eigenvalue weighted by Gasteiger charge is 2.44. The van der Waals surface area contributed by atoms with Gasteiger partial charge in [-0.3, -0.25) is 9.59 Å². The van der Waals surface area contributed by atoms with Crippen LogP contribution < -0.4 is 19.5 Å². The lowest BCUT2D eigenvalue weighted by Crippen LogP contribution is -2.47. The number of hydrogen-bond acceptors (Lipinski definition) is 6. The second-order valence-corrected chi connectivity index (χ2v) is 8.26. The maximum atomic E-state index is 13.8. The largest absolute Gasteiger partial charge is 0.493 e. The van der Waals surface area contributed by atoms with Crippen LogP contribution in [0.4, 0.5) is 0 Å². The summed E-state index contributed by atoms with van der Waals surface area (Å²) in [6.07, 6.45) is 2.30. The molecule has 0 saturated heterocycles. The van der Waals surface area contributed by atoms with Gasteiger partial charge in [0.2, 0.25) is 11.7 Å². The Hall–Kier alpha value is -3.94. The lowest BCUT2D eigenvalue weighted by molar-refractivity contribution is -0.124. The van der Waals surface area contributed by atoms with Gasteiger partial charge < -0.3 is 28.8 Å². The van der Waals surface area contributed by atoms with E-state index in [0.29, 0.717) is 46.2 Å². The molecule has 0 bridgehead atoms. The maximum absolute atomic E-state index is 13.8. The molecular weight excluding hydrogens is 448 g/mol. The molecular formula is C27H30N2O6. The summed E-state index contributed by atoms with van der Waals surface area (Å²) < 4.78 is 22.0. The molecule has 8 heteroatoms. The lowest BCUT2D eigenvalue weighted by Gasteiger charge is -2.42. The molecule has 1 aliphatic rings. The van der Waals surface area contributed by atoms with Crippen LogP contribution in [0.5, 0.6) is 17.2 Å². The van der Waals surface area contributed by atoms with Gasteiger partial charge in [-0.25, -0.2) is 0 Å². The number of ether oxygens (including phenoxy) is 3. The quantitative estimate of drug-likeness (QED) is 0.493. The molecule has 2 heterocycles. The Morgan fingerprint density at radius 3 is 2.34 bits per heavy atom. The van der Waals surface area contributed by atoms with Crippen molar-refractivity contribution in [2.75, 3.05) is 27.9 Å².